The van der Waals surface area contributed by atoms with Crippen LogP contribution in [-0.4, -0.2) is 40.2 Å². The molecule has 1 saturated heterocycles. The van der Waals surface area contributed by atoms with Gasteiger partial charge in [0.2, 0.25) is 5.91 Å². The molecule has 1 unspecified atom stereocenters. The van der Waals surface area contributed by atoms with Crippen LogP contribution in [0, 0.1) is 12.8 Å². The Bertz CT molecular complexity index is 938. The van der Waals surface area contributed by atoms with Crippen LogP contribution in [0.3, 0.4) is 0 Å². The highest BCUT2D eigenvalue weighted by Crippen LogP contribution is 2.24. The van der Waals surface area contributed by atoms with E-state index in [1.807, 2.05) is 49.5 Å². The molecule has 30 heavy (non-hydrogen) atoms. The topological polar surface area (TPSA) is 63.3 Å². The lowest BCUT2D eigenvalue weighted by atomic mass is 9.95. The van der Waals surface area contributed by atoms with Crippen molar-refractivity contribution < 1.29 is 9.21 Å². The van der Waals surface area contributed by atoms with E-state index in [1.165, 1.54) is 0 Å². The summed E-state index contributed by atoms with van der Waals surface area (Å²) in [4.78, 5) is 15.1. The van der Waals surface area contributed by atoms with E-state index in [1.54, 1.807) is 10.9 Å². The zero-order chi connectivity index (χ0) is 20.9. The fourth-order valence-corrected chi connectivity index (χ4v) is 4.02. The predicted molar refractivity (Wildman–Crippen MR) is 118 cm³/mol. The van der Waals surface area contributed by atoms with Crippen molar-refractivity contribution in [2.75, 3.05) is 25.0 Å². The maximum atomic E-state index is 12.7. The Kier molecular flexibility index (Phi) is 6.33. The second kappa shape index (κ2) is 9.30. The second-order valence-corrected chi connectivity index (χ2v) is 8.24. The summed E-state index contributed by atoms with van der Waals surface area (Å²) >= 11 is 0. The van der Waals surface area contributed by atoms with Crippen LogP contribution in [0.25, 0.3) is 5.69 Å². The van der Waals surface area contributed by atoms with Gasteiger partial charge in [-0.15, -0.1) is 0 Å². The third kappa shape index (κ3) is 5.00. The van der Waals surface area contributed by atoms with Crippen molar-refractivity contribution in [3.05, 3.63) is 66.4 Å². The van der Waals surface area contributed by atoms with Gasteiger partial charge in [-0.1, -0.05) is 6.92 Å². The molecule has 1 aromatic carbocycles. The number of rotatable bonds is 7. The zero-order valence-corrected chi connectivity index (χ0v) is 17.8. The lowest BCUT2D eigenvalue weighted by Crippen LogP contribution is -2.38. The van der Waals surface area contributed by atoms with E-state index in [4.69, 9.17) is 4.42 Å². The number of hydrogen-bond donors (Lipinski definition) is 1. The number of piperidine rings is 1. The summed E-state index contributed by atoms with van der Waals surface area (Å²) in [5.41, 5.74) is 1.81. The van der Waals surface area contributed by atoms with Crippen molar-refractivity contribution >= 4 is 11.6 Å². The first-order valence-electron chi connectivity index (χ1n) is 10.8. The second-order valence-electron chi connectivity index (χ2n) is 8.24. The number of anilines is 1. The fraction of sp³-hybridized carbons (Fsp3) is 0.417. The van der Waals surface area contributed by atoms with Gasteiger partial charge in [-0.2, -0.15) is 5.10 Å². The quantitative estimate of drug-likeness (QED) is 0.622. The molecule has 0 bridgehead atoms. The van der Waals surface area contributed by atoms with E-state index in [0.717, 1.165) is 61.8 Å². The monoisotopic (exact) mass is 406 g/mol. The standard InChI is InChI=1S/C24H30N4O2/c1-18(23-9-4-19(2)30-23)10-15-27-16-11-20(12-17-27)24(29)26-21-5-7-22(8-6-21)28-14-3-13-25-28/h3-9,13-14,18,20H,10-12,15-17H2,1-2H3,(H,26,29). The average Bonchev–Trinajstić information content (AvgIpc) is 3.45. The van der Waals surface area contributed by atoms with Crippen molar-refractivity contribution in [2.45, 2.75) is 39.0 Å². The molecule has 0 aliphatic carbocycles. The lowest BCUT2D eigenvalue weighted by Gasteiger charge is -2.31. The number of nitrogens with one attached hydrogen (secondary N) is 1. The van der Waals surface area contributed by atoms with Crippen LogP contribution in [0.15, 0.2) is 59.3 Å². The van der Waals surface area contributed by atoms with Crippen molar-refractivity contribution in [1.29, 1.82) is 0 Å². The first-order valence-corrected chi connectivity index (χ1v) is 10.8. The highest BCUT2D eigenvalue weighted by atomic mass is 16.3. The molecule has 1 aliphatic rings. The van der Waals surface area contributed by atoms with Gasteiger partial charge in [-0.3, -0.25) is 4.79 Å². The van der Waals surface area contributed by atoms with Crippen LogP contribution in [0.4, 0.5) is 5.69 Å². The average molecular weight is 407 g/mol. The Morgan fingerprint density at radius 3 is 2.60 bits per heavy atom. The third-order valence-corrected chi connectivity index (χ3v) is 5.99. The number of aromatic nitrogens is 2. The summed E-state index contributed by atoms with van der Waals surface area (Å²) in [5, 5.41) is 7.29. The number of carbonyl (C=O) groups is 1. The largest absolute Gasteiger partial charge is 0.466 e. The molecule has 1 aliphatic heterocycles. The van der Waals surface area contributed by atoms with Gasteiger partial charge in [0.25, 0.3) is 0 Å². The molecule has 4 rings (SSSR count). The first kappa shape index (κ1) is 20.4. The predicted octanol–water partition coefficient (Wildman–Crippen LogP) is 4.62. The molecule has 0 saturated carbocycles. The molecule has 1 fully saturated rings. The minimum Gasteiger partial charge on any atom is -0.466 e. The number of carbonyl (C=O) groups excluding carboxylic acids is 1. The van der Waals surface area contributed by atoms with Gasteiger partial charge in [0, 0.05) is 29.9 Å². The highest BCUT2D eigenvalue weighted by molar-refractivity contribution is 5.92. The normalized spacial score (nSPS) is 16.5. The van der Waals surface area contributed by atoms with E-state index in [-0.39, 0.29) is 11.8 Å². The third-order valence-electron chi connectivity index (χ3n) is 5.99. The maximum Gasteiger partial charge on any atom is 0.227 e. The molecule has 6 heteroatoms. The van der Waals surface area contributed by atoms with Crippen LogP contribution in [0.2, 0.25) is 0 Å². The summed E-state index contributed by atoms with van der Waals surface area (Å²) in [7, 11) is 0. The summed E-state index contributed by atoms with van der Waals surface area (Å²) in [6.07, 6.45) is 6.54. The summed E-state index contributed by atoms with van der Waals surface area (Å²) in [6.45, 7) is 7.19. The molecule has 158 valence electrons. The smallest absolute Gasteiger partial charge is 0.227 e. The molecular formula is C24H30N4O2. The molecule has 0 spiro atoms. The lowest BCUT2D eigenvalue weighted by molar-refractivity contribution is -0.121. The van der Waals surface area contributed by atoms with Gasteiger partial charge in [-0.25, -0.2) is 4.68 Å². The van der Waals surface area contributed by atoms with Crippen LogP contribution in [0.5, 0.6) is 0 Å². The number of nitrogens with zero attached hydrogens (tertiary/aromatic N) is 3. The van der Waals surface area contributed by atoms with Crippen molar-refractivity contribution in [3.63, 3.8) is 0 Å². The van der Waals surface area contributed by atoms with Crippen molar-refractivity contribution in [3.8, 4) is 5.69 Å². The van der Waals surface area contributed by atoms with Crippen LogP contribution in [-0.2, 0) is 4.79 Å². The maximum absolute atomic E-state index is 12.7. The molecule has 1 amide bonds. The van der Waals surface area contributed by atoms with Gasteiger partial charge in [0.1, 0.15) is 11.5 Å². The molecule has 3 aromatic rings. The summed E-state index contributed by atoms with van der Waals surface area (Å²) < 4.78 is 7.54. The number of hydrogen-bond acceptors (Lipinski definition) is 4. The van der Waals surface area contributed by atoms with E-state index < -0.39 is 0 Å². The van der Waals surface area contributed by atoms with Crippen molar-refractivity contribution in [1.82, 2.24) is 14.7 Å². The van der Waals surface area contributed by atoms with Gasteiger partial charge >= 0.3 is 0 Å². The molecule has 0 radical (unpaired) electrons. The Morgan fingerprint density at radius 2 is 1.97 bits per heavy atom. The van der Waals surface area contributed by atoms with Crippen LogP contribution in [0.1, 0.15) is 43.6 Å². The number of benzene rings is 1. The Balaban J connectivity index is 1.21. The van der Waals surface area contributed by atoms with Crippen molar-refractivity contribution in [2.24, 2.45) is 5.92 Å². The van der Waals surface area contributed by atoms with E-state index in [0.29, 0.717) is 5.92 Å². The SMILES string of the molecule is Cc1ccc(C(C)CCN2CCC(C(=O)Nc3ccc(-n4cccn4)cc3)CC2)o1. The fourth-order valence-electron chi connectivity index (χ4n) is 4.02. The van der Waals surface area contributed by atoms with Gasteiger partial charge in [0.15, 0.2) is 0 Å². The molecule has 1 atom stereocenters. The number of likely N-dealkylation sites (tertiary alicyclic amines) is 1. The van der Waals surface area contributed by atoms with Gasteiger partial charge in [0.05, 0.1) is 5.69 Å². The minimum absolute atomic E-state index is 0.0807. The van der Waals surface area contributed by atoms with Crippen LogP contribution >= 0.6 is 0 Å². The number of aryl methyl sites for hydroxylation is 1. The van der Waals surface area contributed by atoms with Gasteiger partial charge in [-0.05, 0) is 88.3 Å². The highest BCUT2D eigenvalue weighted by Gasteiger charge is 2.25. The molecule has 1 N–H and O–H groups in total. The molecule has 2 aromatic heterocycles. The van der Waals surface area contributed by atoms with Gasteiger partial charge < -0.3 is 14.6 Å². The van der Waals surface area contributed by atoms with E-state index in [9.17, 15) is 4.79 Å². The molecule has 3 heterocycles. The van der Waals surface area contributed by atoms with Crippen LogP contribution < -0.4 is 5.32 Å². The zero-order valence-electron chi connectivity index (χ0n) is 17.8. The molecular weight excluding hydrogens is 376 g/mol. The number of amides is 1. The summed E-state index contributed by atoms with van der Waals surface area (Å²) in [5.74, 6) is 2.67. The minimum atomic E-state index is 0.0807. The first-order chi connectivity index (χ1) is 14.6. The Morgan fingerprint density at radius 1 is 1.20 bits per heavy atom. The van der Waals surface area contributed by atoms with E-state index >= 15 is 0 Å². The Hall–Kier alpha value is -2.86. The summed E-state index contributed by atoms with van der Waals surface area (Å²) in [6, 6.07) is 13.8. The Labute approximate surface area is 177 Å². The molecule has 6 nitrogen and oxygen atoms in total. The number of furan rings is 1. The van der Waals surface area contributed by atoms with E-state index in [2.05, 4.69) is 28.3 Å².